The molecule has 1 fully saturated rings. The Morgan fingerprint density at radius 1 is 1.19 bits per heavy atom. The van der Waals surface area contributed by atoms with Gasteiger partial charge < -0.3 is 20.5 Å². The monoisotopic (exact) mass is 440 g/mol. The molecule has 0 aliphatic heterocycles. The van der Waals surface area contributed by atoms with Crippen molar-refractivity contribution in [3.05, 3.63) is 41.2 Å². The van der Waals surface area contributed by atoms with Crippen LogP contribution in [0.3, 0.4) is 0 Å². The molecule has 0 unspecified atom stereocenters. The predicted molar refractivity (Wildman–Crippen MR) is 131 cm³/mol. The summed E-state index contributed by atoms with van der Waals surface area (Å²) in [4.78, 5) is 9.86. The zero-order chi connectivity index (χ0) is 22.0. The molecule has 1 aromatic carbocycles. The van der Waals surface area contributed by atoms with Crippen LogP contribution in [-0.2, 0) is 6.42 Å². The fourth-order valence-corrected chi connectivity index (χ4v) is 4.78. The summed E-state index contributed by atoms with van der Waals surface area (Å²) in [7, 11) is 2.06. The maximum Gasteiger partial charge on any atom is 0.164 e. The number of pyridine rings is 1. The molecule has 4 rings (SSSR count). The van der Waals surface area contributed by atoms with Gasteiger partial charge in [-0.25, -0.2) is 9.97 Å². The van der Waals surface area contributed by atoms with Crippen molar-refractivity contribution in [1.82, 2.24) is 19.9 Å². The van der Waals surface area contributed by atoms with Gasteiger partial charge in [-0.1, -0.05) is 37.4 Å². The first-order chi connectivity index (χ1) is 15.0. The second-order valence-electron chi connectivity index (χ2n) is 8.65. The minimum atomic E-state index is 0.275. The maximum absolute atomic E-state index is 6.25. The number of nitrogens with zero attached hydrogens (tertiary/aromatic N) is 3. The number of fused-ring (bicyclic) bond motifs is 1. The van der Waals surface area contributed by atoms with Gasteiger partial charge in [0.15, 0.2) is 5.65 Å². The topological polar surface area (TPSA) is 66.8 Å². The molecule has 31 heavy (non-hydrogen) atoms. The summed E-state index contributed by atoms with van der Waals surface area (Å²) < 4.78 is 2.14. The van der Waals surface area contributed by atoms with Crippen molar-refractivity contribution < 1.29 is 0 Å². The number of aromatic nitrogens is 3. The van der Waals surface area contributed by atoms with Crippen molar-refractivity contribution in [2.45, 2.75) is 71.0 Å². The van der Waals surface area contributed by atoms with Gasteiger partial charge in [0.05, 0.1) is 12.0 Å². The Labute approximate surface area is 189 Å². The molecule has 7 heteroatoms. The molecule has 6 nitrogen and oxygen atoms in total. The van der Waals surface area contributed by atoms with Gasteiger partial charge in [-0.15, -0.1) is 0 Å². The Hall–Kier alpha value is -2.31. The summed E-state index contributed by atoms with van der Waals surface area (Å²) >= 11 is 6.25. The normalized spacial score (nSPS) is 19.2. The zero-order valence-corrected chi connectivity index (χ0v) is 19.6. The van der Waals surface area contributed by atoms with Crippen molar-refractivity contribution in [3.63, 3.8) is 0 Å². The van der Waals surface area contributed by atoms with Gasteiger partial charge >= 0.3 is 0 Å². The molecule has 2 atom stereocenters. The number of imidazole rings is 1. The molecule has 1 aliphatic rings. The first kappa shape index (κ1) is 21.9. The van der Waals surface area contributed by atoms with Crippen LogP contribution < -0.4 is 16.0 Å². The minimum Gasteiger partial charge on any atom is -0.365 e. The molecule has 2 heterocycles. The highest BCUT2D eigenvalue weighted by Crippen LogP contribution is 2.36. The highest BCUT2D eigenvalue weighted by atomic mass is 35.5. The summed E-state index contributed by atoms with van der Waals surface area (Å²) in [5, 5.41) is 11.6. The second kappa shape index (κ2) is 9.45. The van der Waals surface area contributed by atoms with E-state index >= 15 is 0 Å². The van der Waals surface area contributed by atoms with Crippen molar-refractivity contribution in [1.29, 1.82) is 0 Å². The third-order valence-corrected chi connectivity index (χ3v) is 6.51. The van der Waals surface area contributed by atoms with E-state index in [-0.39, 0.29) is 6.04 Å². The van der Waals surface area contributed by atoms with E-state index in [9.17, 15) is 0 Å². The number of rotatable bonds is 7. The van der Waals surface area contributed by atoms with Crippen molar-refractivity contribution in [3.8, 4) is 0 Å². The van der Waals surface area contributed by atoms with E-state index in [0.29, 0.717) is 17.1 Å². The summed E-state index contributed by atoms with van der Waals surface area (Å²) in [5.74, 6) is 0.953. The van der Waals surface area contributed by atoms with Crippen LogP contribution in [-0.4, -0.2) is 33.7 Å². The number of nitrogens with one attached hydrogen (secondary N) is 3. The lowest BCUT2D eigenvalue weighted by molar-refractivity contribution is 0.361. The third-order valence-electron chi connectivity index (χ3n) is 6.27. The standard InChI is InChI=1S/C24H33ClN6/c1-5-18-21(28-17-10-8-9-16(25)13-17)22-24(31(14-27-22)15(2)3)30-23(18)29-20-12-7-6-11-19(20)26-4/h8-10,13-15,19-20,26H,5-7,11-12H2,1-4H3,(H2,28,29,30)/t19-,20-/m1/s1. The van der Waals surface area contributed by atoms with Crippen LogP contribution in [0, 0.1) is 0 Å². The Morgan fingerprint density at radius 2 is 1.97 bits per heavy atom. The number of benzene rings is 1. The van der Waals surface area contributed by atoms with E-state index < -0.39 is 0 Å². The average Bonchev–Trinajstić information content (AvgIpc) is 3.18. The van der Waals surface area contributed by atoms with Gasteiger partial charge in [-0.05, 0) is 58.4 Å². The first-order valence-corrected chi connectivity index (χ1v) is 11.7. The third kappa shape index (κ3) is 4.51. The van der Waals surface area contributed by atoms with Crippen LogP contribution in [0.25, 0.3) is 11.2 Å². The van der Waals surface area contributed by atoms with Gasteiger partial charge in [0.2, 0.25) is 0 Å². The lowest BCUT2D eigenvalue weighted by Gasteiger charge is -2.33. The van der Waals surface area contributed by atoms with E-state index in [1.807, 2.05) is 30.6 Å². The number of hydrogen-bond donors (Lipinski definition) is 3. The summed E-state index contributed by atoms with van der Waals surface area (Å²) in [6.07, 6.45) is 7.60. The Bertz CT molecular complexity index is 1040. The van der Waals surface area contributed by atoms with Crippen LogP contribution in [0.15, 0.2) is 30.6 Å². The summed E-state index contributed by atoms with van der Waals surface area (Å²) in [5.41, 5.74) is 4.90. The molecular weight excluding hydrogens is 408 g/mol. The molecule has 3 aromatic rings. The van der Waals surface area contributed by atoms with Crippen LogP contribution in [0.4, 0.5) is 17.2 Å². The number of anilines is 3. The molecule has 2 aromatic heterocycles. The SMILES string of the molecule is CCc1c(N[C@@H]2CCCC[C@H]2NC)nc2c(ncn2C(C)C)c1Nc1cccc(Cl)c1. The Kier molecular flexibility index (Phi) is 6.68. The van der Waals surface area contributed by atoms with Gasteiger partial charge in [-0.2, -0.15) is 0 Å². The fourth-order valence-electron chi connectivity index (χ4n) is 4.59. The van der Waals surface area contributed by atoms with E-state index in [2.05, 4.69) is 48.3 Å². The van der Waals surface area contributed by atoms with Crippen LogP contribution in [0.1, 0.15) is 58.1 Å². The maximum atomic E-state index is 6.25. The highest BCUT2D eigenvalue weighted by molar-refractivity contribution is 6.30. The van der Waals surface area contributed by atoms with E-state index in [0.717, 1.165) is 46.8 Å². The molecular formula is C24H33ClN6. The smallest absolute Gasteiger partial charge is 0.164 e. The average molecular weight is 441 g/mol. The lowest BCUT2D eigenvalue weighted by Crippen LogP contribution is -2.44. The molecule has 166 valence electrons. The van der Waals surface area contributed by atoms with Gasteiger partial charge in [0.1, 0.15) is 11.3 Å². The molecule has 3 N–H and O–H groups in total. The Balaban J connectivity index is 1.83. The van der Waals surface area contributed by atoms with E-state index in [1.165, 1.54) is 19.3 Å². The van der Waals surface area contributed by atoms with Crippen molar-refractivity contribution in [2.24, 2.45) is 0 Å². The highest BCUT2D eigenvalue weighted by Gasteiger charge is 2.26. The summed E-state index contributed by atoms with van der Waals surface area (Å²) in [6.45, 7) is 6.49. The van der Waals surface area contributed by atoms with Gasteiger partial charge in [0, 0.05) is 34.4 Å². The minimum absolute atomic E-state index is 0.275. The number of hydrogen-bond acceptors (Lipinski definition) is 5. The lowest BCUT2D eigenvalue weighted by atomic mass is 9.90. The van der Waals surface area contributed by atoms with Crippen LogP contribution >= 0.6 is 11.6 Å². The second-order valence-corrected chi connectivity index (χ2v) is 9.09. The van der Waals surface area contributed by atoms with Gasteiger partial charge in [0.25, 0.3) is 0 Å². The molecule has 1 aliphatic carbocycles. The molecule has 0 amide bonds. The molecule has 0 saturated heterocycles. The molecule has 0 spiro atoms. The van der Waals surface area contributed by atoms with Crippen molar-refractivity contribution >= 4 is 40.0 Å². The zero-order valence-electron chi connectivity index (χ0n) is 18.9. The van der Waals surface area contributed by atoms with Crippen LogP contribution in [0.2, 0.25) is 5.02 Å². The first-order valence-electron chi connectivity index (χ1n) is 11.4. The largest absolute Gasteiger partial charge is 0.365 e. The van der Waals surface area contributed by atoms with E-state index in [1.54, 1.807) is 0 Å². The summed E-state index contributed by atoms with van der Waals surface area (Å²) in [6, 6.07) is 8.91. The van der Waals surface area contributed by atoms with Gasteiger partial charge in [-0.3, -0.25) is 0 Å². The van der Waals surface area contributed by atoms with E-state index in [4.69, 9.17) is 21.6 Å². The van der Waals surface area contributed by atoms with Crippen LogP contribution in [0.5, 0.6) is 0 Å². The molecule has 0 radical (unpaired) electrons. The molecule has 1 saturated carbocycles. The fraction of sp³-hybridized carbons (Fsp3) is 0.500. The molecule has 0 bridgehead atoms. The Morgan fingerprint density at radius 3 is 2.65 bits per heavy atom. The van der Waals surface area contributed by atoms with Crippen molar-refractivity contribution in [2.75, 3.05) is 17.7 Å². The number of halogens is 1. The number of likely N-dealkylation sites (N-methyl/N-ethyl adjacent to an activating group) is 1. The quantitative estimate of drug-likeness (QED) is 0.426. The predicted octanol–water partition coefficient (Wildman–Crippen LogP) is 5.91.